The Labute approximate surface area is 217 Å². The molecular formula is C31H41N5. The maximum atomic E-state index is 4.91. The molecule has 1 heterocycles. The van der Waals surface area contributed by atoms with Crippen molar-refractivity contribution in [1.82, 2.24) is 4.98 Å². The van der Waals surface area contributed by atoms with Crippen LogP contribution in [0.3, 0.4) is 0 Å². The number of nitrogens with zero attached hydrogens (tertiary/aromatic N) is 5. The zero-order chi connectivity index (χ0) is 26.2. The SMILES string of the molecule is CCN(CC)c1ccc(N=C(C)c2cccc(C(C)=Nc3ccc(N(CC)CC)cc3C)n2)c(C)c1. The molecule has 1 aromatic heterocycles. The van der Waals surface area contributed by atoms with Crippen LogP contribution in [0, 0.1) is 13.8 Å². The summed E-state index contributed by atoms with van der Waals surface area (Å²) in [4.78, 5) is 19.4. The van der Waals surface area contributed by atoms with Crippen molar-refractivity contribution in [2.75, 3.05) is 36.0 Å². The van der Waals surface area contributed by atoms with Crippen molar-refractivity contribution in [2.24, 2.45) is 9.98 Å². The van der Waals surface area contributed by atoms with E-state index in [1.54, 1.807) is 0 Å². The molecule has 190 valence electrons. The van der Waals surface area contributed by atoms with Gasteiger partial charge in [0, 0.05) is 37.6 Å². The molecule has 0 aliphatic heterocycles. The molecule has 0 radical (unpaired) electrons. The molecule has 3 rings (SSSR count). The fraction of sp³-hybridized carbons (Fsp3) is 0.387. The summed E-state index contributed by atoms with van der Waals surface area (Å²) in [6, 6.07) is 19.0. The van der Waals surface area contributed by atoms with E-state index in [0.29, 0.717) is 0 Å². The predicted molar refractivity (Wildman–Crippen MR) is 157 cm³/mol. The standard InChI is InChI=1S/C31H41N5/c1-9-35(10-2)26-16-18-28(22(5)20-26)32-24(7)30-14-13-15-31(34-30)25(8)33-29-19-17-27(21-23(29)6)36(11-3)12-4/h13-21H,9-12H2,1-8H3. The van der Waals surface area contributed by atoms with E-state index in [2.05, 4.69) is 87.7 Å². The number of hydrogen-bond donors (Lipinski definition) is 0. The predicted octanol–water partition coefficient (Wildman–Crippen LogP) is 7.67. The minimum Gasteiger partial charge on any atom is -0.372 e. The highest BCUT2D eigenvalue weighted by molar-refractivity contribution is 6.02. The molecule has 36 heavy (non-hydrogen) atoms. The fourth-order valence-electron chi connectivity index (χ4n) is 4.41. The highest BCUT2D eigenvalue weighted by Crippen LogP contribution is 2.27. The van der Waals surface area contributed by atoms with Crippen LogP contribution in [-0.4, -0.2) is 42.6 Å². The third kappa shape index (κ3) is 6.39. The maximum Gasteiger partial charge on any atom is 0.0849 e. The lowest BCUT2D eigenvalue weighted by atomic mass is 10.1. The van der Waals surface area contributed by atoms with Gasteiger partial charge in [-0.1, -0.05) is 6.07 Å². The Kier molecular flexibility index (Phi) is 9.40. The summed E-state index contributed by atoms with van der Waals surface area (Å²) in [6.45, 7) is 21.0. The molecule has 0 atom stereocenters. The summed E-state index contributed by atoms with van der Waals surface area (Å²) in [5, 5.41) is 0. The summed E-state index contributed by atoms with van der Waals surface area (Å²) in [6.07, 6.45) is 0. The van der Waals surface area contributed by atoms with E-state index in [-0.39, 0.29) is 0 Å². The minimum absolute atomic E-state index is 0.864. The molecule has 0 aliphatic rings. The van der Waals surface area contributed by atoms with Crippen molar-refractivity contribution in [3.8, 4) is 0 Å². The van der Waals surface area contributed by atoms with Gasteiger partial charge in [-0.15, -0.1) is 0 Å². The molecule has 0 N–H and O–H groups in total. The molecule has 0 fully saturated rings. The molecule has 0 aliphatic carbocycles. The van der Waals surface area contributed by atoms with Gasteiger partial charge in [-0.3, -0.25) is 9.98 Å². The van der Waals surface area contributed by atoms with Crippen molar-refractivity contribution in [3.63, 3.8) is 0 Å². The van der Waals surface area contributed by atoms with E-state index in [9.17, 15) is 0 Å². The smallest absolute Gasteiger partial charge is 0.0849 e. The van der Waals surface area contributed by atoms with Gasteiger partial charge in [0.2, 0.25) is 0 Å². The Balaban J connectivity index is 1.86. The van der Waals surface area contributed by atoms with Crippen LogP contribution >= 0.6 is 0 Å². The lowest BCUT2D eigenvalue weighted by Gasteiger charge is -2.21. The molecule has 0 spiro atoms. The third-order valence-corrected chi connectivity index (χ3v) is 6.68. The van der Waals surface area contributed by atoms with Crippen LogP contribution in [0.2, 0.25) is 0 Å². The monoisotopic (exact) mass is 483 g/mol. The maximum absolute atomic E-state index is 4.91. The average Bonchev–Trinajstić information content (AvgIpc) is 2.88. The highest BCUT2D eigenvalue weighted by Gasteiger charge is 2.09. The molecule has 5 nitrogen and oxygen atoms in total. The lowest BCUT2D eigenvalue weighted by molar-refractivity contribution is 0.865. The second-order valence-electron chi connectivity index (χ2n) is 9.09. The van der Waals surface area contributed by atoms with Crippen LogP contribution in [0.25, 0.3) is 0 Å². The number of pyridine rings is 1. The van der Waals surface area contributed by atoms with E-state index in [4.69, 9.17) is 15.0 Å². The fourth-order valence-corrected chi connectivity index (χ4v) is 4.41. The van der Waals surface area contributed by atoms with E-state index < -0.39 is 0 Å². The van der Waals surface area contributed by atoms with Crippen LogP contribution in [0.1, 0.15) is 64.1 Å². The molecule has 2 aromatic carbocycles. The number of aromatic nitrogens is 1. The third-order valence-electron chi connectivity index (χ3n) is 6.68. The molecule has 0 bridgehead atoms. The first-order chi connectivity index (χ1) is 17.3. The largest absolute Gasteiger partial charge is 0.372 e. The number of benzene rings is 2. The van der Waals surface area contributed by atoms with Gasteiger partial charge in [-0.05, 0) is 115 Å². The number of rotatable bonds is 10. The quantitative estimate of drug-likeness (QED) is 0.278. The molecule has 0 saturated carbocycles. The zero-order valence-corrected chi connectivity index (χ0v) is 23.3. The first-order valence-electron chi connectivity index (χ1n) is 13.1. The summed E-state index contributed by atoms with van der Waals surface area (Å²) in [7, 11) is 0. The molecule has 0 saturated heterocycles. The second-order valence-corrected chi connectivity index (χ2v) is 9.09. The van der Waals surface area contributed by atoms with Gasteiger partial charge in [0.1, 0.15) is 0 Å². The van der Waals surface area contributed by atoms with Crippen molar-refractivity contribution in [1.29, 1.82) is 0 Å². The van der Waals surface area contributed by atoms with Crippen LogP contribution < -0.4 is 9.80 Å². The lowest BCUT2D eigenvalue weighted by Crippen LogP contribution is -2.21. The first kappa shape index (κ1) is 27.1. The molecule has 3 aromatic rings. The normalized spacial score (nSPS) is 12.1. The van der Waals surface area contributed by atoms with Crippen molar-refractivity contribution >= 4 is 34.2 Å². The number of hydrogen-bond acceptors (Lipinski definition) is 5. The Morgan fingerprint density at radius 3 is 1.36 bits per heavy atom. The molecule has 0 amide bonds. The van der Waals surface area contributed by atoms with Gasteiger partial charge in [-0.25, -0.2) is 4.98 Å². The van der Waals surface area contributed by atoms with E-state index >= 15 is 0 Å². The van der Waals surface area contributed by atoms with Gasteiger partial charge in [0.25, 0.3) is 0 Å². The minimum atomic E-state index is 0.864. The Bertz CT molecular complexity index is 1140. The summed E-state index contributed by atoms with van der Waals surface area (Å²) in [5.74, 6) is 0. The van der Waals surface area contributed by atoms with Crippen molar-refractivity contribution in [2.45, 2.75) is 55.4 Å². The number of aryl methyl sites for hydroxylation is 2. The molecule has 0 unspecified atom stereocenters. The van der Waals surface area contributed by atoms with Gasteiger partial charge >= 0.3 is 0 Å². The molecular weight excluding hydrogens is 442 g/mol. The van der Waals surface area contributed by atoms with Gasteiger partial charge in [-0.2, -0.15) is 0 Å². The number of aliphatic imine (C=N–C) groups is 2. The summed E-state index contributed by atoms with van der Waals surface area (Å²) >= 11 is 0. The van der Waals surface area contributed by atoms with Crippen LogP contribution in [0.5, 0.6) is 0 Å². The second kappa shape index (κ2) is 12.5. The van der Waals surface area contributed by atoms with Gasteiger partial charge in [0.05, 0.1) is 34.2 Å². The van der Waals surface area contributed by atoms with Crippen LogP contribution in [0.15, 0.2) is 64.6 Å². The Hall–Kier alpha value is -3.47. The summed E-state index contributed by atoms with van der Waals surface area (Å²) < 4.78 is 0. The van der Waals surface area contributed by atoms with E-state index in [1.807, 2.05) is 32.0 Å². The number of anilines is 2. The van der Waals surface area contributed by atoms with Crippen molar-refractivity contribution in [3.05, 3.63) is 77.1 Å². The van der Waals surface area contributed by atoms with Gasteiger partial charge < -0.3 is 9.80 Å². The topological polar surface area (TPSA) is 44.1 Å². The van der Waals surface area contributed by atoms with Crippen molar-refractivity contribution < 1.29 is 0 Å². The van der Waals surface area contributed by atoms with Crippen LogP contribution in [0.4, 0.5) is 22.7 Å². The van der Waals surface area contributed by atoms with E-state index in [0.717, 1.165) is 71.5 Å². The Morgan fingerprint density at radius 2 is 1.03 bits per heavy atom. The van der Waals surface area contributed by atoms with E-state index in [1.165, 1.54) is 11.4 Å². The Morgan fingerprint density at radius 1 is 0.639 bits per heavy atom. The first-order valence-corrected chi connectivity index (χ1v) is 13.1. The van der Waals surface area contributed by atoms with Gasteiger partial charge in [0.15, 0.2) is 0 Å². The molecule has 5 heteroatoms. The average molecular weight is 484 g/mol. The summed E-state index contributed by atoms with van der Waals surface area (Å²) in [5.41, 5.74) is 10.3. The zero-order valence-electron chi connectivity index (χ0n) is 23.3. The highest BCUT2D eigenvalue weighted by atomic mass is 15.1. The van der Waals surface area contributed by atoms with Crippen LogP contribution in [-0.2, 0) is 0 Å².